The Labute approximate surface area is 128 Å². The molecule has 0 amide bonds. The third kappa shape index (κ3) is 3.81. The minimum Gasteiger partial charge on any atom is -0.303 e. The lowest BCUT2D eigenvalue weighted by molar-refractivity contribution is -0.110. The van der Waals surface area contributed by atoms with Crippen molar-refractivity contribution in [3.05, 3.63) is 59.7 Å². The van der Waals surface area contributed by atoms with Crippen LogP contribution in [0.5, 0.6) is 0 Å². The highest BCUT2D eigenvalue weighted by atomic mass is 16.1. The zero-order chi connectivity index (χ0) is 15.5. The van der Waals surface area contributed by atoms with Crippen LogP contribution in [-0.4, -0.2) is 6.29 Å². The lowest BCUT2D eigenvalue weighted by Crippen LogP contribution is -2.12. The van der Waals surface area contributed by atoms with Crippen LogP contribution in [0.1, 0.15) is 38.8 Å². The number of carbonyl (C=O) groups is 1. The number of hydrogen-bond donors (Lipinski definition) is 0. The van der Waals surface area contributed by atoms with Gasteiger partial charge in [-0.25, -0.2) is 0 Å². The minimum absolute atomic E-state index is 0.0812. The molecule has 2 aromatic carbocycles. The Hall–Kier alpha value is -1.89. The molecule has 1 unspecified atom stereocenters. The fourth-order valence-electron chi connectivity index (χ4n) is 2.63. The molecule has 0 aliphatic rings. The van der Waals surface area contributed by atoms with E-state index in [1.807, 2.05) is 6.92 Å². The molecule has 0 spiro atoms. The Balaban J connectivity index is 2.33. The molecule has 0 heterocycles. The zero-order valence-corrected chi connectivity index (χ0v) is 13.4. The molecule has 0 radical (unpaired) electrons. The lowest BCUT2D eigenvalue weighted by atomic mass is 9.82. The molecule has 21 heavy (non-hydrogen) atoms. The Bertz CT molecular complexity index is 602. The van der Waals surface area contributed by atoms with Gasteiger partial charge in [0.05, 0.1) is 0 Å². The molecule has 0 aromatic heterocycles. The summed E-state index contributed by atoms with van der Waals surface area (Å²) in [5.41, 5.74) is 5.23. The van der Waals surface area contributed by atoms with E-state index in [-0.39, 0.29) is 11.3 Å². The molecule has 110 valence electrons. The quantitative estimate of drug-likeness (QED) is 0.718. The van der Waals surface area contributed by atoms with Gasteiger partial charge in [-0.3, -0.25) is 0 Å². The molecule has 0 N–H and O–H groups in total. The smallest absolute Gasteiger partial charge is 0.123 e. The van der Waals surface area contributed by atoms with E-state index >= 15 is 0 Å². The van der Waals surface area contributed by atoms with Crippen molar-refractivity contribution >= 4 is 6.29 Å². The van der Waals surface area contributed by atoms with Gasteiger partial charge in [-0.05, 0) is 34.1 Å². The Morgan fingerprint density at radius 1 is 1.00 bits per heavy atom. The van der Waals surface area contributed by atoms with Crippen molar-refractivity contribution in [3.63, 3.8) is 0 Å². The molecule has 0 aliphatic heterocycles. The average molecular weight is 280 g/mol. The van der Waals surface area contributed by atoms with Crippen LogP contribution < -0.4 is 0 Å². The van der Waals surface area contributed by atoms with Gasteiger partial charge in [-0.15, -0.1) is 0 Å². The van der Waals surface area contributed by atoms with Crippen molar-refractivity contribution in [1.29, 1.82) is 0 Å². The van der Waals surface area contributed by atoms with E-state index in [1.165, 1.54) is 22.3 Å². The van der Waals surface area contributed by atoms with E-state index in [1.54, 1.807) is 0 Å². The molecule has 0 bridgehead atoms. The third-order valence-corrected chi connectivity index (χ3v) is 3.79. The second-order valence-electron chi connectivity index (χ2n) is 6.81. The first-order valence-corrected chi connectivity index (χ1v) is 7.56. The molecule has 2 aromatic rings. The summed E-state index contributed by atoms with van der Waals surface area (Å²) in [5.74, 6) is 0.0812. The number of benzene rings is 2. The van der Waals surface area contributed by atoms with Crippen LogP contribution in [-0.2, 0) is 16.6 Å². The molecular formula is C20H24O. The number of rotatable bonds is 4. The molecule has 2 rings (SSSR count). The van der Waals surface area contributed by atoms with E-state index < -0.39 is 0 Å². The molecule has 1 nitrogen and oxygen atoms in total. The zero-order valence-electron chi connectivity index (χ0n) is 13.4. The Kier molecular flexibility index (Phi) is 4.62. The second-order valence-corrected chi connectivity index (χ2v) is 6.81. The van der Waals surface area contributed by atoms with Gasteiger partial charge in [0.15, 0.2) is 0 Å². The summed E-state index contributed by atoms with van der Waals surface area (Å²) in [7, 11) is 0. The lowest BCUT2D eigenvalue weighted by Gasteiger charge is -2.23. The van der Waals surface area contributed by atoms with Crippen LogP contribution in [0.15, 0.2) is 48.5 Å². The Morgan fingerprint density at radius 3 is 2.19 bits per heavy atom. The number of hydrogen-bond acceptors (Lipinski definition) is 1. The second kappa shape index (κ2) is 6.26. The number of carbonyl (C=O) groups excluding carboxylic acids is 1. The van der Waals surface area contributed by atoms with Gasteiger partial charge in [0, 0.05) is 5.92 Å². The Morgan fingerprint density at radius 2 is 1.62 bits per heavy atom. The van der Waals surface area contributed by atoms with Crippen LogP contribution in [0.25, 0.3) is 11.1 Å². The van der Waals surface area contributed by atoms with Crippen LogP contribution in [0.2, 0.25) is 0 Å². The summed E-state index contributed by atoms with van der Waals surface area (Å²) < 4.78 is 0. The fourth-order valence-corrected chi connectivity index (χ4v) is 2.63. The first-order chi connectivity index (χ1) is 9.91. The van der Waals surface area contributed by atoms with E-state index in [2.05, 4.69) is 69.3 Å². The summed E-state index contributed by atoms with van der Waals surface area (Å²) in [4.78, 5) is 10.8. The van der Waals surface area contributed by atoms with Crippen molar-refractivity contribution in [2.75, 3.05) is 0 Å². The average Bonchev–Trinajstić information content (AvgIpc) is 2.47. The predicted octanol–water partition coefficient (Wildman–Crippen LogP) is 5.03. The summed E-state index contributed by atoms with van der Waals surface area (Å²) in [6, 6.07) is 17.2. The topological polar surface area (TPSA) is 17.1 Å². The maximum Gasteiger partial charge on any atom is 0.123 e. The van der Waals surface area contributed by atoms with E-state index in [0.29, 0.717) is 0 Å². The van der Waals surface area contributed by atoms with Crippen LogP contribution in [0.3, 0.4) is 0 Å². The van der Waals surface area contributed by atoms with Gasteiger partial charge in [-0.2, -0.15) is 0 Å². The van der Waals surface area contributed by atoms with Crippen molar-refractivity contribution in [1.82, 2.24) is 0 Å². The van der Waals surface area contributed by atoms with Crippen LogP contribution >= 0.6 is 0 Å². The van der Waals surface area contributed by atoms with Crippen molar-refractivity contribution in [3.8, 4) is 11.1 Å². The highest BCUT2D eigenvalue weighted by molar-refractivity contribution is 5.69. The summed E-state index contributed by atoms with van der Waals surface area (Å²) >= 11 is 0. The predicted molar refractivity (Wildman–Crippen MR) is 89.5 cm³/mol. The van der Waals surface area contributed by atoms with Crippen molar-refractivity contribution in [2.24, 2.45) is 5.92 Å². The highest BCUT2D eigenvalue weighted by Crippen LogP contribution is 2.32. The maximum atomic E-state index is 10.8. The monoisotopic (exact) mass is 280 g/mol. The van der Waals surface area contributed by atoms with Crippen LogP contribution in [0, 0.1) is 5.92 Å². The molecular weight excluding hydrogens is 256 g/mol. The molecule has 0 fully saturated rings. The fraction of sp³-hybridized carbons (Fsp3) is 0.350. The van der Waals surface area contributed by atoms with Gasteiger partial charge >= 0.3 is 0 Å². The van der Waals surface area contributed by atoms with Gasteiger partial charge in [0.2, 0.25) is 0 Å². The largest absolute Gasteiger partial charge is 0.303 e. The molecule has 1 atom stereocenters. The van der Waals surface area contributed by atoms with Crippen molar-refractivity contribution in [2.45, 2.75) is 39.5 Å². The van der Waals surface area contributed by atoms with E-state index in [9.17, 15) is 4.79 Å². The minimum atomic E-state index is 0.0812. The highest BCUT2D eigenvalue weighted by Gasteiger charge is 2.18. The van der Waals surface area contributed by atoms with Gasteiger partial charge < -0.3 is 4.79 Å². The van der Waals surface area contributed by atoms with Gasteiger partial charge in [0.25, 0.3) is 0 Å². The third-order valence-electron chi connectivity index (χ3n) is 3.79. The van der Waals surface area contributed by atoms with Crippen LogP contribution in [0.4, 0.5) is 0 Å². The number of aldehydes is 1. The standard InChI is InChI=1S/C20H24O/c1-15(14-21)13-16-9-11-17(12-10-16)18-7-5-6-8-19(18)20(2,3)4/h5-12,14-15H,13H2,1-4H3. The molecule has 0 aliphatic carbocycles. The molecule has 0 saturated heterocycles. The summed E-state index contributed by atoms with van der Waals surface area (Å²) in [6.45, 7) is 8.68. The normalized spacial score (nSPS) is 13.0. The van der Waals surface area contributed by atoms with Crippen molar-refractivity contribution < 1.29 is 4.79 Å². The van der Waals surface area contributed by atoms with E-state index in [0.717, 1.165) is 12.7 Å². The van der Waals surface area contributed by atoms with Gasteiger partial charge in [-0.1, -0.05) is 76.2 Å². The SMILES string of the molecule is CC(C=O)Cc1ccc(-c2ccccc2C(C)(C)C)cc1. The first kappa shape index (κ1) is 15.5. The van der Waals surface area contributed by atoms with Gasteiger partial charge in [0.1, 0.15) is 6.29 Å². The molecule has 1 heteroatoms. The van der Waals surface area contributed by atoms with E-state index in [4.69, 9.17) is 0 Å². The first-order valence-electron chi connectivity index (χ1n) is 7.56. The summed E-state index contributed by atoms with van der Waals surface area (Å²) in [6.07, 6.45) is 1.83. The molecule has 0 saturated carbocycles. The summed E-state index contributed by atoms with van der Waals surface area (Å²) in [5, 5.41) is 0. The maximum absolute atomic E-state index is 10.8.